The molecule has 1 nitrogen and oxygen atoms in total. The highest BCUT2D eigenvalue weighted by molar-refractivity contribution is 5.28. The molecule has 1 aromatic rings. The highest BCUT2D eigenvalue weighted by Gasteiger charge is 2.21. The van der Waals surface area contributed by atoms with Gasteiger partial charge < -0.3 is 5.32 Å². The average Bonchev–Trinajstić information content (AvgIpc) is 2.23. The van der Waals surface area contributed by atoms with Crippen LogP contribution in [-0.4, -0.2) is 7.05 Å². The summed E-state index contributed by atoms with van der Waals surface area (Å²) in [5.74, 6) is 0.842. The zero-order valence-corrected chi connectivity index (χ0v) is 12.3. The molecular formula is C17H27N. The van der Waals surface area contributed by atoms with E-state index in [2.05, 4.69) is 57.4 Å². The van der Waals surface area contributed by atoms with Crippen LogP contribution in [0.15, 0.2) is 24.3 Å². The predicted octanol–water partition coefficient (Wildman–Crippen LogP) is 4.65. The van der Waals surface area contributed by atoms with E-state index in [4.69, 9.17) is 0 Å². The van der Waals surface area contributed by atoms with E-state index >= 15 is 0 Å². The quantitative estimate of drug-likeness (QED) is 0.814. The van der Waals surface area contributed by atoms with Gasteiger partial charge in [0.1, 0.15) is 0 Å². The van der Waals surface area contributed by atoms with Crippen LogP contribution in [-0.2, 0) is 0 Å². The molecule has 1 saturated carbocycles. The third-order valence-corrected chi connectivity index (χ3v) is 4.08. The summed E-state index contributed by atoms with van der Waals surface area (Å²) in [4.78, 5) is 0. The molecule has 1 aromatic carbocycles. The molecule has 1 N–H and O–H groups in total. The maximum atomic E-state index is 3.45. The average molecular weight is 245 g/mol. The van der Waals surface area contributed by atoms with Gasteiger partial charge >= 0.3 is 0 Å². The van der Waals surface area contributed by atoms with Crippen molar-refractivity contribution in [3.05, 3.63) is 35.4 Å². The smallest absolute Gasteiger partial charge is 0.0322 e. The van der Waals surface area contributed by atoms with E-state index < -0.39 is 0 Å². The van der Waals surface area contributed by atoms with Crippen LogP contribution >= 0.6 is 0 Å². The van der Waals surface area contributed by atoms with E-state index in [1.807, 2.05) is 0 Å². The van der Waals surface area contributed by atoms with Crippen molar-refractivity contribution in [1.29, 1.82) is 0 Å². The van der Waals surface area contributed by atoms with Crippen molar-refractivity contribution in [3.8, 4) is 0 Å². The van der Waals surface area contributed by atoms with E-state index in [9.17, 15) is 0 Å². The van der Waals surface area contributed by atoms with Gasteiger partial charge in [0.25, 0.3) is 0 Å². The summed E-state index contributed by atoms with van der Waals surface area (Å²) < 4.78 is 0. The first-order valence-corrected chi connectivity index (χ1v) is 7.27. The predicted molar refractivity (Wildman–Crippen MR) is 78.9 cm³/mol. The summed E-state index contributed by atoms with van der Waals surface area (Å²) in [7, 11) is 2.07. The molecule has 0 heterocycles. The lowest BCUT2D eigenvalue weighted by atomic mass is 9.79. The first-order valence-electron chi connectivity index (χ1n) is 7.27. The van der Waals surface area contributed by atoms with Gasteiger partial charge in [-0.05, 0) is 48.8 Å². The molecule has 1 unspecified atom stereocenters. The standard InChI is InChI=1S/C17H27N/c1-17(2,3)12-16(18-4)15-10-8-14(9-11-15)13-6-5-7-13/h8-11,13,16,18H,5-7,12H2,1-4H3. The maximum absolute atomic E-state index is 3.45. The van der Waals surface area contributed by atoms with E-state index in [0.717, 1.165) is 5.92 Å². The minimum Gasteiger partial charge on any atom is -0.313 e. The van der Waals surface area contributed by atoms with Gasteiger partial charge in [0.05, 0.1) is 0 Å². The van der Waals surface area contributed by atoms with E-state index in [-0.39, 0.29) is 0 Å². The Labute approximate surface area is 112 Å². The van der Waals surface area contributed by atoms with Crippen molar-refractivity contribution in [3.63, 3.8) is 0 Å². The highest BCUT2D eigenvalue weighted by atomic mass is 14.9. The zero-order chi connectivity index (χ0) is 13.2. The number of hydrogen-bond acceptors (Lipinski definition) is 1. The van der Waals surface area contributed by atoms with Crippen molar-refractivity contribution < 1.29 is 0 Å². The van der Waals surface area contributed by atoms with Crippen LogP contribution in [0.2, 0.25) is 0 Å². The second-order valence-corrected chi connectivity index (χ2v) is 6.90. The molecule has 0 radical (unpaired) electrons. The lowest BCUT2D eigenvalue weighted by Crippen LogP contribution is -2.22. The van der Waals surface area contributed by atoms with Crippen LogP contribution in [0.5, 0.6) is 0 Å². The molecule has 100 valence electrons. The second-order valence-electron chi connectivity index (χ2n) is 6.90. The Morgan fingerprint density at radius 3 is 2.17 bits per heavy atom. The van der Waals surface area contributed by atoms with Crippen LogP contribution in [0.25, 0.3) is 0 Å². The van der Waals surface area contributed by atoms with Crippen molar-refractivity contribution in [2.75, 3.05) is 7.05 Å². The first kappa shape index (κ1) is 13.6. The molecule has 0 aliphatic heterocycles. The Balaban J connectivity index is 2.06. The molecule has 1 aliphatic carbocycles. The molecule has 18 heavy (non-hydrogen) atoms. The molecule has 2 rings (SSSR count). The van der Waals surface area contributed by atoms with Crippen LogP contribution in [0, 0.1) is 5.41 Å². The molecular weight excluding hydrogens is 218 g/mol. The Bertz CT molecular complexity index is 368. The van der Waals surface area contributed by atoms with Gasteiger partial charge in [-0.1, -0.05) is 51.5 Å². The largest absolute Gasteiger partial charge is 0.313 e. The fourth-order valence-corrected chi connectivity index (χ4v) is 2.74. The minimum atomic E-state index is 0.361. The van der Waals surface area contributed by atoms with Crippen molar-refractivity contribution in [1.82, 2.24) is 5.32 Å². The third-order valence-electron chi connectivity index (χ3n) is 4.08. The molecule has 0 bridgehead atoms. The molecule has 1 fully saturated rings. The summed E-state index contributed by atoms with van der Waals surface area (Å²) in [6, 6.07) is 9.79. The van der Waals surface area contributed by atoms with Gasteiger partial charge in [-0.3, -0.25) is 0 Å². The lowest BCUT2D eigenvalue weighted by Gasteiger charge is -2.28. The van der Waals surface area contributed by atoms with Gasteiger partial charge in [0, 0.05) is 6.04 Å². The Morgan fingerprint density at radius 2 is 1.78 bits per heavy atom. The van der Waals surface area contributed by atoms with Crippen LogP contribution in [0.1, 0.15) is 69.5 Å². The molecule has 1 aliphatic rings. The van der Waals surface area contributed by atoms with Gasteiger partial charge in [-0.15, -0.1) is 0 Å². The second kappa shape index (κ2) is 5.44. The van der Waals surface area contributed by atoms with Crippen LogP contribution < -0.4 is 5.32 Å². The van der Waals surface area contributed by atoms with Gasteiger partial charge in [0.2, 0.25) is 0 Å². The molecule has 0 spiro atoms. The normalized spacial score (nSPS) is 18.4. The Kier molecular flexibility index (Phi) is 4.11. The summed E-state index contributed by atoms with van der Waals surface area (Å²) in [5, 5.41) is 3.45. The third kappa shape index (κ3) is 3.35. The fourth-order valence-electron chi connectivity index (χ4n) is 2.74. The summed E-state index contributed by atoms with van der Waals surface area (Å²) in [5.41, 5.74) is 3.33. The molecule has 0 amide bonds. The van der Waals surface area contributed by atoms with E-state index in [1.165, 1.54) is 36.8 Å². The van der Waals surface area contributed by atoms with Crippen molar-refractivity contribution >= 4 is 0 Å². The summed E-state index contributed by atoms with van der Waals surface area (Å²) in [6.07, 6.45) is 5.36. The number of hydrogen-bond donors (Lipinski definition) is 1. The van der Waals surface area contributed by atoms with Gasteiger partial charge in [0.15, 0.2) is 0 Å². The molecule has 0 saturated heterocycles. The van der Waals surface area contributed by atoms with E-state index in [1.54, 1.807) is 0 Å². The van der Waals surface area contributed by atoms with Crippen LogP contribution in [0.4, 0.5) is 0 Å². The number of benzene rings is 1. The molecule has 1 atom stereocenters. The summed E-state index contributed by atoms with van der Waals surface area (Å²) >= 11 is 0. The van der Waals surface area contributed by atoms with Crippen molar-refractivity contribution in [2.24, 2.45) is 5.41 Å². The Morgan fingerprint density at radius 1 is 1.17 bits per heavy atom. The van der Waals surface area contributed by atoms with Crippen molar-refractivity contribution in [2.45, 2.75) is 58.4 Å². The summed E-state index contributed by atoms with van der Waals surface area (Å²) in [6.45, 7) is 6.92. The number of rotatable bonds is 4. The van der Waals surface area contributed by atoms with Crippen LogP contribution in [0.3, 0.4) is 0 Å². The first-order chi connectivity index (χ1) is 8.49. The highest BCUT2D eigenvalue weighted by Crippen LogP contribution is 2.37. The monoisotopic (exact) mass is 245 g/mol. The van der Waals surface area contributed by atoms with Gasteiger partial charge in [-0.25, -0.2) is 0 Å². The molecule has 0 aromatic heterocycles. The number of nitrogens with one attached hydrogen (secondary N) is 1. The molecule has 1 heteroatoms. The zero-order valence-electron chi connectivity index (χ0n) is 12.3. The topological polar surface area (TPSA) is 12.0 Å². The lowest BCUT2D eigenvalue weighted by molar-refractivity contribution is 0.320. The Hall–Kier alpha value is -0.820. The SMILES string of the molecule is CNC(CC(C)(C)C)c1ccc(C2CCC2)cc1. The maximum Gasteiger partial charge on any atom is 0.0322 e. The van der Waals surface area contributed by atoms with Gasteiger partial charge in [-0.2, -0.15) is 0 Å². The minimum absolute atomic E-state index is 0.361. The fraction of sp³-hybridized carbons (Fsp3) is 0.647. The van der Waals surface area contributed by atoms with E-state index in [0.29, 0.717) is 11.5 Å².